The average molecular weight is 452 g/mol. The van der Waals surface area contributed by atoms with E-state index in [9.17, 15) is 12.8 Å². The van der Waals surface area contributed by atoms with Crippen LogP contribution in [0.4, 0.5) is 4.39 Å². The van der Waals surface area contributed by atoms with Gasteiger partial charge in [-0.05, 0) is 62.3 Å². The Kier molecular flexibility index (Phi) is 5.40. The normalized spacial score (nSPS) is 15.2. The van der Waals surface area contributed by atoms with Gasteiger partial charge in [-0.15, -0.1) is 0 Å². The van der Waals surface area contributed by atoms with Gasteiger partial charge in [-0.3, -0.25) is 0 Å². The Balaban J connectivity index is 1.55. The van der Waals surface area contributed by atoms with Crippen LogP contribution in [0, 0.1) is 5.82 Å². The maximum absolute atomic E-state index is 14.1. The highest BCUT2D eigenvalue weighted by molar-refractivity contribution is 7.90. The number of nitrogens with one attached hydrogen (secondary N) is 1. The SMILES string of the molecule is O=S(=O)(c1ccccc1)n1cc(-c2ccc(OC3CCNCC3)nc2)c2ccc(F)cc21. The van der Waals surface area contributed by atoms with Gasteiger partial charge < -0.3 is 10.1 Å². The number of aromatic nitrogens is 2. The van der Waals surface area contributed by atoms with Gasteiger partial charge in [0, 0.05) is 35.0 Å². The summed E-state index contributed by atoms with van der Waals surface area (Å²) in [6.07, 6.45) is 5.18. The molecule has 5 rings (SSSR count). The lowest BCUT2D eigenvalue weighted by atomic mass is 10.1. The fraction of sp³-hybridized carbons (Fsp3) is 0.208. The van der Waals surface area contributed by atoms with Gasteiger partial charge in [-0.25, -0.2) is 21.8 Å². The van der Waals surface area contributed by atoms with Gasteiger partial charge in [-0.1, -0.05) is 18.2 Å². The summed E-state index contributed by atoms with van der Waals surface area (Å²) in [6, 6.07) is 15.9. The molecule has 1 N–H and O–H groups in total. The zero-order valence-corrected chi connectivity index (χ0v) is 18.1. The summed E-state index contributed by atoms with van der Waals surface area (Å²) in [5.41, 5.74) is 1.65. The zero-order chi connectivity index (χ0) is 22.1. The molecular weight excluding hydrogens is 429 g/mol. The van der Waals surface area contributed by atoms with E-state index in [4.69, 9.17) is 4.74 Å². The number of benzene rings is 2. The molecule has 1 saturated heterocycles. The van der Waals surface area contributed by atoms with Gasteiger partial charge in [0.15, 0.2) is 0 Å². The van der Waals surface area contributed by atoms with E-state index in [-0.39, 0.29) is 16.5 Å². The van der Waals surface area contributed by atoms with Crippen molar-refractivity contribution < 1.29 is 17.5 Å². The van der Waals surface area contributed by atoms with Gasteiger partial charge in [0.1, 0.15) is 11.9 Å². The van der Waals surface area contributed by atoms with Gasteiger partial charge in [0.2, 0.25) is 5.88 Å². The van der Waals surface area contributed by atoms with E-state index in [1.165, 1.54) is 30.5 Å². The van der Waals surface area contributed by atoms with Crippen molar-refractivity contribution in [3.8, 4) is 17.0 Å². The molecule has 1 aliphatic rings. The van der Waals surface area contributed by atoms with Crippen LogP contribution >= 0.6 is 0 Å². The maximum atomic E-state index is 14.1. The number of fused-ring (bicyclic) bond motifs is 1. The number of halogens is 1. The predicted octanol–water partition coefficient (Wildman–Crippen LogP) is 4.21. The Bertz CT molecular complexity index is 1350. The van der Waals surface area contributed by atoms with Crippen LogP contribution in [0.25, 0.3) is 22.0 Å². The standard InChI is InChI=1S/C24H22FN3O3S/c25-18-7-8-21-22(17-6-9-24(27-15-17)31-19-10-12-26-13-11-19)16-28(23(21)14-18)32(29,30)20-4-2-1-3-5-20/h1-9,14-16,19,26H,10-13H2. The number of ether oxygens (including phenoxy) is 1. The van der Waals surface area contributed by atoms with E-state index >= 15 is 0 Å². The second-order valence-electron chi connectivity index (χ2n) is 7.77. The summed E-state index contributed by atoms with van der Waals surface area (Å²) < 4.78 is 47.7. The lowest BCUT2D eigenvalue weighted by Crippen LogP contribution is -2.34. The number of hydrogen-bond acceptors (Lipinski definition) is 5. The monoisotopic (exact) mass is 451 g/mol. The van der Waals surface area contributed by atoms with Crippen molar-refractivity contribution in [1.82, 2.24) is 14.3 Å². The number of piperidine rings is 1. The molecule has 0 unspecified atom stereocenters. The van der Waals surface area contributed by atoms with Crippen molar-refractivity contribution in [2.45, 2.75) is 23.8 Å². The zero-order valence-electron chi connectivity index (χ0n) is 17.2. The molecule has 32 heavy (non-hydrogen) atoms. The topological polar surface area (TPSA) is 73.2 Å². The molecule has 0 atom stereocenters. The molecule has 1 fully saturated rings. The fourth-order valence-corrected chi connectivity index (χ4v) is 5.38. The molecule has 6 nitrogen and oxygen atoms in total. The molecule has 4 aromatic rings. The molecule has 2 aromatic heterocycles. The Morgan fingerprint density at radius 1 is 1.03 bits per heavy atom. The first-order chi connectivity index (χ1) is 15.5. The smallest absolute Gasteiger partial charge is 0.268 e. The van der Waals surface area contributed by atoms with Gasteiger partial charge in [0.05, 0.1) is 10.4 Å². The first-order valence-corrected chi connectivity index (χ1v) is 11.9. The Labute approximate surface area is 185 Å². The molecule has 0 amide bonds. The van der Waals surface area contributed by atoms with Crippen LogP contribution < -0.4 is 10.1 Å². The van der Waals surface area contributed by atoms with Crippen LogP contribution in [-0.2, 0) is 10.0 Å². The van der Waals surface area contributed by atoms with Crippen molar-refractivity contribution >= 4 is 20.9 Å². The van der Waals surface area contributed by atoms with Crippen LogP contribution in [0.5, 0.6) is 5.88 Å². The van der Waals surface area contributed by atoms with Crippen molar-refractivity contribution in [2.24, 2.45) is 0 Å². The van der Waals surface area contributed by atoms with Crippen LogP contribution in [0.15, 0.2) is 78.0 Å². The van der Waals surface area contributed by atoms with Crippen LogP contribution in [0.2, 0.25) is 0 Å². The van der Waals surface area contributed by atoms with Crippen molar-refractivity contribution in [3.63, 3.8) is 0 Å². The fourth-order valence-electron chi connectivity index (χ4n) is 4.00. The lowest BCUT2D eigenvalue weighted by Gasteiger charge is -2.23. The highest BCUT2D eigenvalue weighted by atomic mass is 32.2. The highest BCUT2D eigenvalue weighted by Gasteiger charge is 2.22. The van der Waals surface area contributed by atoms with E-state index in [0.29, 0.717) is 16.8 Å². The van der Waals surface area contributed by atoms with E-state index in [0.717, 1.165) is 35.5 Å². The van der Waals surface area contributed by atoms with E-state index < -0.39 is 15.8 Å². The number of rotatable bonds is 5. The van der Waals surface area contributed by atoms with Crippen LogP contribution in [0.1, 0.15) is 12.8 Å². The van der Waals surface area contributed by atoms with Crippen LogP contribution in [-0.4, -0.2) is 36.6 Å². The van der Waals surface area contributed by atoms with Gasteiger partial charge in [0.25, 0.3) is 10.0 Å². The molecule has 0 aliphatic carbocycles. The second-order valence-corrected chi connectivity index (χ2v) is 9.59. The summed E-state index contributed by atoms with van der Waals surface area (Å²) in [4.78, 5) is 4.56. The third-order valence-corrected chi connectivity index (χ3v) is 7.34. The first kappa shape index (κ1) is 20.7. The summed E-state index contributed by atoms with van der Waals surface area (Å²) in [6.45, 7) is 1.85. The van der Waals surface area contributed by atoms with E-state index in [2.05, 4.69) is 10.3 Å². The molecular formula is C24H22FN3O3S. The Morgan fingerprint density at radius 3 is 2.53 bits per heavy atom. The van der Waals surface area contributed by atoms with Crippen LogP contribution in [0.3, 0.4) is 0 Å². The summed E-state index contributed by atoms with van der Waals surface area (Å²) in [5.74, 6) is 0.0304. The van der Waals surface area contributed by atoms with E-state index in [1.807, 2.05) is 6.07 Å². The van der Waals surface area contributed by atoms with Crippen molar-refractivity contribution in [1.29, 1.82) is 0 Å². The average Bonchev–Trinajstić information content (AvgIpc) is 3.20. The lowest BCUT2D eigenvalue weighted by molar-refractivity contribution is 0.156. The molecule has 0 radical (unpaired) electrons. The minimum atomic E-state index is -3.90. The summed E-state index contributed by atoms with van der Waals surface area (Å²) in [5, 5.41) is 3.92. The van der Waals surface area contributed by atoms with Gasteiger partial charge >= 0.3 is 0 Å². The van der Waals surface area contributed by atoms with Gasteiger partial charge in [-0.2, -0.15) is 0 Å². The summed E-state index contributed by atoms with van der Waals surface area (Å²) in [7, 11) is -3.90. The molecule has 0 spiro atoms. The highest BCUT2D eigenvalue weighted by Crippen LogP contribution is 2.34. The van der Waals surface area contributed by atoms with Crippen molar-refractivity contribution in [3.05, 3.63) is 78.9 Å². The Morgan fingerprint density at radius 2 is 1.81 bits per heavy atom. The van der Waals surface area contributed by atoms with E-state index in [1.54, 1.807) is 36.5 Å². The molecule has 0 bridgehead atoms. The predicted molar refractivity (Wildman–Crippen MR) is 121 cm³/mol. The number of hydrogen-bond donors (Lipinski definition) is 1. The largest absolute Gasteiger partial charge is 0.474 e. The summed E-state index contributed by atoms with van der Waals surface area (Å²) >= 11 is 0. The maximum Gasteiger partial charge on any atom is 0.268 e. The first-order valence-electron chi connectivity index (χ1n) is 10.5. The van der Waals surface area contributed by atoms with Crippen molar-refractivity contribution in [2.75, 3.05) is 13.1 Å². The third kappa shape index (κ3) is 3.87. The minimum absolute atomic E-state index is 0.135. The molecule has 1 aliphatic heterocycles. The molecule has 164 valence electrons. The third-order valence-electron chi connectivity index (χ3n) is 5.65. The number of pyridine rings is 1. The Hall–Kier alpha value is -3.23. The quantitative estimate of drug-likeness (QED) is 0.492. The molecule has 2 aromatic carbocycles. The molecule has 0 saturated carbocycles. The molecule has 3 heterocycles. The number of nitrogens with zero attached hydrogens (tertiary/aromatic N) is 2. The molecule has 8 heteroatoms. The minimum Gasteiger partial charge on any atom is -0.474 e. The second kappa shape index (κ2) is 8.37.